The first-order valence-corrected chi connectivity index (χ1v) is 6.57. The predicted molar refractivity (Wildman–Crippen MR) is 71.2 cm³/mol. The van der Waals surface area contributed by atoms with E-state index < -0.39 is 29.1 Å². The molecule has 0 aromatic heterocycles. The summed E-state index contributed by atoms with van der Waals surface area (Å²) in [6, 6.07) is 0. The molecule has 0 aromatic carbocycles. The second-order valence-electron chi connectivity index (χ2n) is 6.08. The molecule has 0 aliphatic carbocycles. The van der Waals surface area contributed by atoms with Crippen molar-refractivity contribution in [1.82, 2.24) is 10.2 Å². The standard InChI is InChI=1S/C13H22N2O5/c1-12(2,3)20-11(19)14-8-9(16)15-7-5-6-13(15,4)10(17)18/h5-8H2,1-4H3,(H,14,19)(H,17,18). The van der Waals surface area contributed by atoms with Crippen LogP contribution in [0.4, 0.5) is 4.79 Å². The molecule has 0 radical (unpaired) electrons. The molecular formula is C13H22N2O5. The van der Waals surface area contributed by atoms with Crippen molar-refractivity contribution in [2.24, 2.45) is 0 Å². The SMILES string of the molecule is CC(C)(C)OC(=O)NCC(=O)N1CCCC1(C)C(=O)O. The first-order valence-electron chi connectivity index (χ1n) is 6.57. The van der Waals surface area contributed by atoms with Crippen molar-refractivity contribution in [3.63, 3.8) is 0 Å². The third-order valence-corrected chi connectivity index (χ3v) is 3.19. The molecule has 20 heavy (non-hydrogen) atoms. The van der Waals surface area contributed by atoms with E-state index in [4.69, 9.17) is 4.74 Å². The number of rotatable bonds is 3. The van der Waals surface area contributed by atoms with Gasteiger partial charge >= 0.3 is 12.1 Å². The third kappa shape index (κ3) is 3.85. The Labute approximate surface area is 118 Å². The second-order valence-corrected chi connectivity index (χ2v) is 6.08. The maximum Gasteiger partial charge on any atom is 0.408 e. The largest absolute Gasteiger partial charge is 0.480 e. The fourth-order valence-corrected chi connectivity index (χ4v) is 2.14. The van der Waals surface area contributed by atoms with Crippen LogP contribution in [0.3, 0.4) is 0 Å². The van der Waals surface area contributed by atoms with Crippen molar-refractivity contribution in [3.05, 3.63) is 0 Å². The Hall–Kier alpha value is -1.79. The number of aliphatic carboxylic acids is 1. The summed E-state index contributed by atoms with van der Waals surface area (Å²) in [4.78, 5) is 36.0. The zero-order valence-corrected chi connectivity index (χ0v) is 12.4. The van der Waals surface area contributed by atoms with Crippen LogP contribution in [0.2, 0.25) is 0 Å². The number of nitrogens with one attached hydrogen (secondary N) is 1. The highest BCUT2D eigenvalue weighted by atomic mass is 16.6. The van der Waals surface area contributed by atoms with Gasteiger partial charge in [-0.2, -0.15) is 0 Å². The van der Waals surface area contributed by atoms with Crippen molar-refractivity contribution in [3.8, 4) is 0 Å². The maximum atomic E-state index is 12.0. The lowest BCUT2D eigenvalue weighted by molar-refractivity contribution is -0.154. The van der Waals surface area contributed by atoms with Gasteiger partial charge in [0.05, 0.1) is 0 Å². The minimum absolute atomic E-state index is 0.266. The van der Waals surface area contributed by atoms with Crippen molar-refractivity contribution in [2.75, 3.05) is 13.1 Å². The number of amides is 2. The Morgan fingerprint density at radius 3 is 2.45 bits per heavy atom. The van der Waals surface area contributed by atoms with Crippen LogP contribution in [0.1, 0.15) is 40.5 Å². The van der Waals surface area contributed by atoms with E-state index in [-0.39, 0.29) is 6.54 Å². The van der Waals surface area contributed by atoms with Crippen LogP contribution in [-0.4, -0.2) is 52.2 Å². The van der Waals surface area contributed by atoms with Crippen LogP contribution in [0, 0.1) is 0 Å². The summed E-state index contributed by atoms with van der Waals surface area (Å²) in [5, 5.41) is 11.6. The minimum Gasteiger partial charge on any atom is -0.480 e. The molecule has 1 atom stereocenters. The number of carboxylic acids is 1. The van der Waals surface area contributed by atoms with E-state index in [1.54, 1.807) is 20.8 Å². The molecule has 2 N–H and O–H groups in total. The average molecular weight is 286 g/mol. The highest BCUT2D eigenvalue weighted by molar-refractivity contribution is 5.89. The number of hydrogen-bond acceptors (Lipinski definition) is 4. The van der Waals surface area contributed by atoms with Gasteiger partial charge in [-0.25, -0.2) is 9.59 Å². The van der Waals surface area contributed by atoms with Crippen molar-refractivity contribution in [2.45, 2.75) is 51.7 Å². The number of carbonyl (C=O) groups excluding carboxylic acids is 2. The number of alkyl carbamates (subject to hydrolysis) is 1. The van der Waals surface area contributed by atoms with E-state index in [0.29, 0.717) is 19.4 Å². The molecule has 7 heteroatoms. The van der Waals surface area contributed by atoms with E-state index in [0.717, 1.165) is 0 Å². The first kappa shape index (κ1) is 16.3. The van der Waals surface area contributed by atoms with Crippen LogP contribution in [0.15, 0.2) is 0 Å². The highest BCUT2D eigenvalue weighted by Gasteiger charge is 2.45. The number of likely N-dealkylation sites (tertiary alicyclic amines) is 1. The predicted octanol–water partition coefficient (Wildman–Crippen LogP) is 0.977. The molecule has 0 saturated carbocycles. The van der Waals surface area contributed by atoms with Gasteiger partial charge in [-0.1, -0.05) is 0 Å². The number of hydrogen-bond donors (Lipinski definition) is 2. The fraction of sp³-hybridized carbons (Fsp3) is 0.769. The van der Waals surface area contributed by atoms with Gasteiger partial charge in [0.25, 0.3) is 0 Å². The molecule has 1 rings (SSSR count). The van der Waals surface area contributed by atoms with Gasteiger partial charge in [-0.15, -0.1) is 0 Å². The van der Waals surface area contributed by atoms with Gasteiger partial charge in [-0.3, -0.25) is 4.79 Å². The zero-order chi connectivity index (χ0) is 15.6. The molecule has 114 valence electrons. The summed E-state index contributed by atoms with van der Waals surface area (Å²) in [5.74, 6) is -1.45. The average Bonchev–Trinajstić information content (AvgIpc) is 2.67. The second kappa shape index (κ2) is 5.68. The topological polar surface area (TPSA) is 95.9 Å². The molecule has 1 unspecified atom stereocenters. The van der Waals surface area contributed by atoms with Gasteiger partial charge in [0.2, 0.25) is 5.91 Å². The lowest BCUT2D eigenvalue weighted by Gasteiger charge is -2.31. The number of nitrogens with zero attached hydrogens (tertiary/aromatic N) is 1. The Balaban J connectivity index is 2.55. The van der Waals surface area contributed by atoms with Crippen molar-refractivity contribution < 1.29 is 24.2 Å². The summed E-state index contributed by atoms with van der Waals surface area (Å²) in [5.41, 5.74) is -1.83. The summed E-state index contributed by atoms with van der Waals surface area (Å²) in [7, 11) is 0. The fourth-order valence-electron chi connectivity index (χ4n) is 2.14. The molecule has 0 bridgehead atoms. The molecule has 2 amide bonds. The zero-order valence-electron chi connectivity index (χ0n) is 12.4. The Morgan fingerprint density at radius 2 is 1.95 bits per heavy atom. The monoisotopic (exact) mass is 286 g/mol. The molecule has 0 aromatic rings. The van der Waals surface area contributed by atoms with Gasteiger partial charge < -0.3 is 20.1 Å². The number of carbonyl (C=O) groups is 3. The number of ether oxygens (including phenoxy) is 1. The van der Waals surface area contributed by atoms with Crippen LogP contribution < -0.4 is 5.32 Å². The third-order valence-electron chi connectivity index (χ3n) is 3.19. The van der Waals surface area contributed by atoms with E-state index in [1.165, 1.54) is 11.8 Å². The van der Waals surface area contributed by atoms with Gasteiger partial charge in [-0.05, 0) is 40.5 Å². The Bertz CT molecular complexity index is 415. The van der Waals surface area contributed by atoms with Crippen molar-refractivity contribution in [1.29, 1.82) is 0 Å². The van der Waals surface area contributed by atoms with Gasteiger partial charge in [0.15, 0.2) is 0 Å². The molecule has 1 aliphatic heterocycles. The van der Waals surface area contributed by atoms with E-state index in [9.17, 15) is 19.5 Å². The molecular weight excluding hydrogens is 264 g/mol. The smallest absolute Gasteiger partial charge is 0.408 e. The Kier molecular flexibility index (Phi) is 4.62. The molecule has 1 heterocycles. The molecule has 1 fully saturated rings. The molecule has 0 spiro atoms. The molecule has 7 nitrogen and oxygen atoms in total. The Morgan fingerprint density at radius 1 is 1.35 bits per heavy atom. The summed E-state index contributed by atoms with van der Waals surface area (Å²) in [6.07, 6.45) is 0.365. The summed E-state index contributed by atoms with van der Waals surface area (Å²) < 4.78 is 5.01. The lowest BCUT2D eigenvalue weighted by atomic mass is 9.99. The number of carboxylic acid groups (broad SMARTS) is 1. The van der Waals surface area contributed by atoms with Crippen molar-refractivity contribution >= 4 is 18.0 Å². The quantitative estimate of drug-likeness (QED) is 0.806. The maximum absolute atomic E-state index is 12.0. The van der Waals surface area contributed by atoms with Crippen LogP contribution in [0.5, 0.6) is 0 Å². The van der Waals surface area contributed by atoms with Crippen LogP contribution >= 0.6 is 0 Å². The first-order chi connectivity index (χ1) is 9.06. The lowest BCUT2D eigenvalue weighted by Crippen LogP contribution is -2.53. The molecule has 1 aliphatic rings. The minimum atomic E-state index is -1.19. The molecule has 1 saturated heterocycles. The van der Waals surface area contributed by atoms with Gasteiger partial charge in [0, 0.05) is 6.54 Å². The van der Waals surface area contributed by atoms with E-state index in [1.807, 2.05) is 0 Å². The van der Waals surface area contributed by atoms with Gasteiger partial charge in [0.1, 0.15) is 17.7 Å². The summed E-state index contributed by atoms with van der Waals surface area (Å²) >= 11 is 0. The van der Waals surface area contributed by atoms with E-state index in [2.05, 4.69) is 5.32 Å². The van der Waals surface area contributed by atoms with Crippen LogP contribution in [0.25, 0.3) is 0 Å². The highest BCUT2D eigenvalue weighted by Crippen LogP contribution is 2.29. The van der Waals surface area contributed by atoms with Crippen LogP contribution in [-0.2, 0) is 14.3 Å². The van der Waals surface area contributed by atoms with E-state index >= 15 is 0 Å². The normalized spacial score (nSPS) is 22.5. The summed E-state index contributed by atoms with van der Waals surface area (Å²) in [6.45, 7) is 6.80.